The molecule has 0 radical (unpaired) electrons. The Kier molecular flexibility index (Phi) is 4.46. The van der Waals surface area contributed by atoms with Crippen molar-refractivity contribution in [2.75, 3.05) is 6.26 Å². The average molecular weight is 313 g/mol. The van der Waals surface area contributed by atoms with Crippen LogP contribution in [0.4, 0.5) is 0 Å². The normalized spacial score (nSPS) is 22.1. The monoisotopic (exact) mass is 313 g/mol. The summed E-state index contributed by atoms with van der Waals surface area (Å²) in [5.41, 5.74) is 4.37. The van der Waals surface area contributed by atoms with E-state index in [1.807, 2.05) is 12.1 Å². The quantitative estimate of drug-likeness (QED) is 0.936. The minimum Gasteiger partial charge on any atom is -0.307 e. The summed E-state index contributed by atoms with van der Waals surface area (Å²) in [5, 5.41) is 3.73. The largest absolute Gasteiger partial charge is 0.307 e. The highest BCUT2D eigenvalue weighted by Crippen LogP contribution is 2.28. The first-order valence-corrected chi connectivity index (χ1v) is 9.36. The van der Waals surface area contributed by atoms with Crippen LogP contribution in [0.2, 0.25) is 0 Å². The Hall–Kier alpha value is -1.45. The standard InChI is InChI=1S/C19H23NOS/c1-19(12-11-16-5-3-4-6-17(16)13-19)20-14-15-7-9-18(10-8-15)22(2)21/h3-10,20H,11-14H2,1-2H3. The molecule has 22 heavy (non-hydrogen) atoms. The molecule has 0 heterocycles. The number of benzene rings is 2. The van der Waals surface area contributed by atoms with E-state index in [9.17, 15) is 4.21 Å². The van der Waals surface area contributed by atoms with Gasteiger partial charge >= 0.3 is 0 Å². The zero-order valence-corrected chi connectivity index (χ0v) is 14.1. The lowest BCUT2D eigenvalue weighted by atomic mass is 9.79. The first-order chi connectivity index (χ1) is 10.6. The van der Waals surface area contributed by atoms with Gasteiger partial charge in [0.1, 0.15) is 0 Å². The first kappa shape index (κ1) is 15.4. The van der Waals surface area contributed by atoms with Gasteiger partial charge in [0.05, 0.1) is 0 Å². The van der Waals surface area contributed by atoms with Crippen LogP contribution in [-0.2, 0) is 30.2 Å². The van der Waals surface area contributed by atoms with Gasteiger partial charge in [-0.1, -0.05) is 36.4 Å². The summed E-state index contributed by atoms with van der Waals surface area (Å²) in [6.45, 7) is 3.17. The predicted octanol–water partition coefficient (Wildman–Crippen LogP) is 3.46. The van der Waals surface area contributed by atoms with Crippen molar-refractivity contribution in [1.82, 2.24) is 5.32 Å². The van der Waals surface area contributed by atoms with E-state index in [1.165, 1.54) is 23.1 Å². The molecule has 3 heteroatoms. The Balaban J connectivity index is 1.65. The van der Waals surface area contributed by atoms with E-state index in [-0.39, 0.29) is 5.54 Å². The van der Waals surface area contributed by atoms with Crippen molar-refractivity contribution in [1.29, 1.82) is 0 Å². The van der Waals surface area contributed by atoms with E-state index in [1.54, 1.807) is 6.26 Å². The van der Waals surface area contributed by atoms with Gasteiger partial charge in [0.15, 0.2) is 0 Å². The summed E-state index contributed by atoms with van der Waals surface area (Å²) >= 11 is 0. The molecular weight excluding hydrogens is 290 g/mol. The third-order valence-corrected chi connectivity index (χ3v) is 5.56. The van der Waals surface area contributed by atoms with Crippen molar-refractivity contribution in [2.24, 2.45) is 0 Å². The van der Waals surface area contributed by atoms with Crippen molar-refractivity contribution < 1.29 is 4.21 Å². The molecule has 1 aliphatic rings. The first-order valence-electron chi connectivity index (χ1n) is 7.80. The Morgan fingerprint density at radius 2 is 1.77 bits per heavy atom. The zero-order chi connectivity index (χ0) is 15.6. The summed E-state index contributed by atoms with van der Waals surface area (Å²) in [6.07, 6.45) is 5.11. The minimum absolute atomic E-state index is 0.153. The maximum absolute atomic E-state index is 11.4. The molecular formula is C19H23NOS. The summed E-state index contributed by atoms with van der Waals surface area (Å²) in [6, 6.07) is 16.8. The van der Waals surface area contributed by atoms with Crippen molar-refractivity contribution in [3.05, 3.63) is 65.2 Å². The van der Waals surface area contributed by atoms with E-state index in [0.717, 1.165) is 24.3 Å². The zero-order valence-electron chi connectivity index (χ0n) is 13.3. The van der Waals surface area contributed by atoms with Crippen LogP contribution in [0.25, 0.3) is 0 Å². The molecule has 2 nitrogen and oxygen atoms in total. The third kappa shape index (κ3) is 3.47. The van der Waals surface area contributed by atoms with E-state index in [0.29, 0.717) is 0 Å². The topological polar surface area (TPSA) is 29.1 Å². The van der Waals surface area contributed by atoms with Crippen molar-refractivity contribution in [3.63, 3.8) is 0 Å². The number of nitrogens with one attached hydrogen (secondary N) is 1. The summed E-state index contributed by atoms with van der Waals surface area (Å²) in [5.74, 6) is 0. The molecule has 116 valence electrons. The highest BCUT2D eigenvalue weighted by Gasteiger charge is 2.28. The van der Waals surface area contributed by atoms with Gasteiger partial charge in [-0.15, -0.1) is 0 Å². The molecule has 0 fully saturated rings. The van der Waals surface area contributed by atoms with Crippen LogP contribution < -0.4 is 5.32 Å². The van der Waals surface area contributed by atoms with Gasteiger partial charge in [-0.05, 0) is 55.0 Å². The molecule has 0 saturated carbocycles. The number of rotatable bonds is 4. The SMILES string of the molecule is CS(=O)c1ccc(CNC2(C)CCc3ccccc3C2)cc1. The molecule has 0 amide bonds. The molecule has 1 N–H and O–H groups in total. The summed E-state index contributed by atoms with van der Waals surface area (Å²) < 4.78 is 11.4. The molecule has 2 aromatic rings. The summed E-state index contributed by atoms with van der Waals surface area (Å²) in [4.78, 5) is 0.890. The van der Waals surface area contributed by atoms with Crippen molar-refractivity contribution >= 4 is 10.8 Å². The lowest BCUT2D eigenvalue weighted by molar-refractivity contribution is 0.311. The molecule has 2 aromatic carbocycles. The van der Waals surface area contributed by atoms with Crippen LogP contribution in [0.1, 0.15) is 30.0 Å². The molecule has 0 aliphatic heterocycles. The predicted molar refractivity (Wildman–Crippen MR) is 92.5 cm³/mol. The van der Waals surface area contributed by atoms with Crippen LogP contribution in [0, 0.1) is 0 Å². The Bertz CT molecular complexity index is 680. The average Bonchev–Trinajstić information content (AvgIpc) is 2.53. The van der Waals surface area contributed by atoms with E-state index >= 15 is 0 Å². The number of fused-ring (bicyclic) bond motifs is 1. The van der Waals surface area contributed by atoms with Crippen LogP contribution in [0.5, 0.6) is 0 Å². The van der Waals surface area contributed by atoms with Crippen LogP contribution in [-0.4, -0.2) is 16.0 Å². The van der Waals surface area contributed by atoms with Crippen molar-refractivity contribution in [2.45, 2.75) is 43.2 Å². The number of hydrogen-bond donors (Lipinski definition) is 1. The Labute approximate surface area is 135 Å². The number of aryl methyl sites for hydroxylation is 1. The van der Waals surface area contributed by atoms with Gasteiger partial charge in [0.2, 0.25) is 0 Å². The van der Waals surface area contributed by atoms with Gasteiger partial charge in [-0.25, -0.2) is 0 Å². The van der Waals surface area contributed by atoms with Gasteiger partial charge in [-0.2, -0.15) is 0 Å². The highest BCUT2D eigenvalue weighted by atomic mass is 32.2. The van der Waals surface area contributed by atoms with Crippen LogP contribution in [0.15, 0.2) is 53.4 Å². The molecule has 0 aromatic heterocycles. The van der Waals surface area contributed by atoms with E-state index in [4.69, 9.17) is 0 Å². The van der Waals surface area contributed by atoms with Crippen molar-refractivity contribution in [3.8, 4) is 0 Å². The van der Waals surface area contributed by atoms with E-state index < -0.39 is 10.8 Å². The second-order valence-corrected chi connectivity index (χ2v) is 7.84. The fraction of sp³-hybridized carbons (Fsp3) is 0.368. The van der Waals surface area contributed by atoms with Crippen LogP contribution in [0.3, 0.4) is 0 Å². The fourth-order valence-electron chi connectivity index (χ4n) is 3.16. The summed E-state index contributed by atoms with van der Waals surface area (Å²) in [7, 11) is -0.899. The molecule has 2 unspecified atom stereocenters. The van der Waals surface area contributed by atoms with Gasteiger partial charge < -0.3 is 5.32 Å². The van der Waals surface area contributed by atoms with Crippen LogP contribution >= 0.6 is 0 Å². The van der Waals surface area contributed by atoms with Gasteiger partial charge in [0.25, 0.3) is 0 Å². The molecule has 2 atom stereocenters. The van der Waals surface area contributed by atoms with Gasteiger partial charge in [-0.3, -0.25) is 4.21 Å². The third-order valence-electron chi connectivity index (χ3n) is 4.62. The highest BCUT2D eigenvalue weighted by molar-refractivity contribution is 7.84. The lowest BCUT2D eigenvalue weighted by Gasteiger charge is -2.36. The second kappa shape index (κ2) is 6.35. The maximum Gasteiger partial charge on any atom is 0.0498 e. The smallest absolute Gasteiger partial charge is 0.0498 e. The van der Waals surface area contributed by atoms with E-state index in [2.05, 4.69) is 48.6 Å². The fourth-order valence-corrected chi connectivity index (χ4v) is 3.68. The Morgan fingerprint density at radius 1 is 1.09 bits per heavy atom. The second-order valence-electron chi connectivity index (χ2n) is 6.46. The molecule has 3 rings (SSSR count). The number of hydrogen-bond acceptors (Lipinski definition) is 2. The molecule has 0 bridgehead atoms. The Morgan fingerprint density at radius 3 is 2.45 bits per heavy atom. The maximum atomic E-state index is 11.4. The molecule has 0 saturated heterocycles. The molecule has 0 spiro atoms. The molecule has 1 aliphatic carbocycles. The minimum atomic E-state index is -0.899. The van der Waals surface area contributed by atoms with Gasteiger partial charge in [0, 0.05) is 34.0 Å². The lowest BCUT2D eigenvalue weighted by Crippen LogP contribution is -2.46.